The van der Waals surface area contributed by atoms with Gasteiger partial charge in [0.1, 0.15) is 11.3 Å². The van der Waals surface area contributed by atoms with Gasteiger partial charge in [0.2, 0.25) is 0 Å². The summed E-state index contributed by atoms with van der Waals surface area (Å²) in [6, 6.07) is 7.78. The van der Waals surface area contributed by atoms with Crippen molar-refractivity contribution in [2.45, 2.75) is 45.1 Å². The molecule has 2 aromatic rings. The first-order valence-corrected chi connectivity index (χ1v) is 8.18. The number of para-hydroxylation sites is 1. The van der Waals surface area contributed by atoms with E-state index in [1.54, 1.807) is 0 Å². The molecule has 0 aliphatic carbocycles. The van der Waals surface area contributed by atoms with Crippen LogP contribution in [-0.2, 0) is 6.42 Å². The minimum Gasteiger partial charge on any atom is -0.421 e. The lowest BCUT2D eigenvalue weighted by Gasteiger charge is -2.26. The Morgan fingerprint density at radius 2 is 2.18 bits per heavy atom. The van der Waals surface area contributed by atoms with Crippen LogP contribution >= 0.6 is 0 Å². The van der Waals surface area contributed by atoms with Gasteiger partial charge in [0.15, 0.2) is 0 Å². The van der Waals surface area contributed by atoms with E-state index in [1.807, 2.05) is 24.3 Å². The molecule has 1 aliphatic heterocycles. The Balaban J connectivity index is 2.18. The van der Waals surface area contributed by atoms with Crippen LogP contribution in [0.5, 0.6) is 0 Å². The maximum Gasteiger partial charge on any atom is 0.360 e. The van der Waals surface area contributed by atoms with Gasteiger partial charge in [-0.05, 0) is 37.3 Å². The maximum absolute atomic E-state index is 12.6. The standard InChI is InChI=1S/C18H23NO3/c1-2-3-8-15-14-9-4-5-10-16(14)22-18(21)17(15)19-11-6-7-13(19)12-20/h4-5,9-10,13,20H,2-3,6-8,11-12H2,1H3. The van der Waals surface area contributed by atoms with Crippen molar-refractivity contribution in [1.29, 1.82) is 0 Å². The van der Waals surface area contributed by atoms with Crippen LogP contribution in [0, 0.1) is 0 Å². The summed E-state index contributed by atoms with van der Waals surface area (Å²) < 4.78 is 5.54. The largest absolute Gasteiger partial charge is 0.421 e. The van der Waals surface area contributed by atoms with Gasteiger partial charge >= 0.3 is 5.63 Å². The molecule has 0 bridgehead atoms. The van der Waals surface area contributed by atoms with Gasteiger partial charge in [0.25, 0.3) is 0 Å². The van der Waals surface area contributed by atoms with Crippen molar-refractivity contribution in [3.8, 4) is 0 Å². The molecule has 2 heterocycles. The minimum atomic E-state index is -0.273. The summed E-state index contributed by atoms with van der Waals surface area (Å²) in [4.78, 5) is 14.6. The molecule has 4 nitrogen and oxygen atoms in total. The van der Waals surface area contributed by atoms with Gasteiger partial charge in [-0.1, -0.05) is 31.5 Å². The number of aliphatic hydroxyl groups excluding tert-OH is 1. The first-order chi connectivity index (χ1) is 10.8. The highest BCUT2D eigenvalue weighted by Crippen LogP contribution is 2.31. The molecular weight excluding hydrogens is 278 g/mol. The number of anilines is 1. The van der Waals surface area contributed by atoms with Gasteiger partial charge in [0, 0.05) is 11.9 Å². The number of fused-ring (bicyclic) bond motifs is 1. The molecule has 1 aliphatic rings. The normalized spacial score (nSPS) is 18.3. The Hall–Kier alpha value is -1.81. The van der Waals surface area contributed by atoms with Crippen LogP contribution in [0.1, 0.15) is 38.2 Å². The fourth-order valence-electron chi connectivity index (χ4n) is 3.42. The highest BCUT2D eigenvalue weighted by atomic mass is 16.4. The Labute approximate surface area is 130 Å². The molecule has 1 unspecified atom stereocenters. The number of aryl methyl sites for hydroxylation is 1. The third-order valence-corrected chi connectivity index (χ3v) is 4.55. The molecule has 1 N–H and O–H groups in total. The van der Waals surface area contributed by atoms with Gasteiger partial charge in [-0.3, -0.25) is 0 Å². The third-order valence-electron chi connectivity index (χ3n) is 4.55. The molecule has 1 saturated heterocycles. The van der Waals surface area contributed by atoms with E-state index >= 15 is 0 Å². The summed E-state index contributed by atoms with van der Waals surface area (Å²) in [7, 11) is 0. The molecule has 4 heteroatoms. The topological polar surface area (TPSA) is 53.7 Å². The molecule has 22 heavy (non-hydrogen) atoms. The number of aliphatic hydroxyl groups is 1. The average Bonchev–Trinajstić information content (AvgIpc) is 3.00. The Kier molecular flexibility index (Phi) is 4.48. The van der Waals surface area contributed by atoms with Gasteiger partial charge in [0.05, 0.1) is 12.6 Å². The van der Waals surface area contributed by atoms with Crippen LogP contribution in [0.15, 0.2) is 33.5 Å². The first kappa shape index (κ1) is 15.1. The lowest BCUT2D eigenvalue weighted by Crippen LogP contribution is -2.36. The Morgan fingerprint density at radius 1 is 1.36 bits per heavy atom. The molecule has 0 radical (unpaired) electrons. The predicted molar refractivity (Wildman–Crippen MR) is 88.5 cm³/mol. The summed E-state index contributed by atoms with van der Waals surface area (Å²) in [6.07, 6.45) is 4.92. The first-order valence-electron chi connectivity index (χ1n) is 8.18. The summed E-state index contributed by atoms with van der Waals surface area (Å²) in [5, 5.41) is 10.6. The van der Waals surface area contributed by atoms with Crippen LogP contribution in [0.4, 0.5) is 5.69 Å². The molecule has 118 valence electrons. The van der Waals surface area contributed by atoms with Crippen molar-refractivity contribution in [2.24, 2.45) is 0 Å². The zero-order chi connectivity index (χ0) is 15.5. The molecule has 1 aromatic carbocycles. The minimum absolute atomic E-state index is 0.0319. The number of nitrogens with zero attached hydrogens (tertiary/aromatic N) is 1. The Morgan fingerprint density at radius 3 is 2.95 bits per heavy atom. The van der Waals surface area contributed by atoms with E-state index in [-0.39, 0.29) is 18.3 Å². The lowest BCUT2D eigenvalue weighted by atomic mass is 10.0. The number of unbranched alkanes of at least 4 members (excludes halogenated alkanes) is 1. The van der Waals surface area contributed by atoms with Gasteiger partial charge in [-0.15, -0.1) is 0 Å². The summed E-state index contributed by atoms with van der Waals surface area (Å²) in [5.41, 5.74) is 2.13. The van der Waals surface area contributed by atoms with Crippen molar-refractivity contribution in [2.75, 3.05) is 18.1 Å². The fourth-order valence-corrected chi connectivity index (χ4v) is 3.42. The van der Waals surface area contributed by atoms with Gasteiger partial charge in [-0.25, -0.2) is 4.79 Å². The van der Waals surface area contributed by atoms with Crippen molar-refractivity contribution in [1.82, 2.24) is 0 Å². The smallest absolute Gasteiger partial charge is 0.360 e. The van der Waals surface area contributed by atoms with E-state index in [4.69, 9.17) is 4.42 Å². The number of hydrogen-bond acceptors (Lipinski definition) is 4. The Bertz CT molecular complexity index is 707. The van der Waals surface area contributed by atoms with Crippen molar-refractivity contribution in [3.63, 3.8) is 0 Å². The molecule has 3 rings (SSSR count). The molecule has 0 amide bonds. The summed E-state index contributed by atoms with van der Waals surface area (Å²) in [5.74, 6) is 0. The number of benzene rings is 1. The van der Waals surface area contributed by atoms with Crippen molar-refractivity contribution in [3.05, 3.63) is 40.2 Å². The number of hydrogen-bond donors (Lipinski definition) is 1. The second-order valence-corrected chi connectivity index (χ2v) is 5.99. The maximum atomic E-state index is 12.6. The monoisotopic (exact) mass is 301 g/mol. The average molecular weight is 301 g/mol. The third kappa shape index (κ3) is 2.63. The van der Waals surface area contributed by atoms with E-state index in [0.717, 1.165) is 49.6 Å². The van der Waals surface area contributed by atoms with E-state index in [2.05, 4.69) is 11.8 Å². The predicted octanol–water partition coefficient (Wildman–Crippen LogP) is 3.10. The van der Waals surface area contributed by atoms with E-state index in [1.165, 1.54) is 0 Å². The second kappa shape index (κ2) is 6.53. The van der Waals surface area contributed by atoms with Gasteiger partial charge < -0.3 is 14.4 Å². The van der Waals surface area contributed by atoms with Crippen LogP contribution < -0.4 is 10.5 Å². The molecule has 1 atom stereocenters. The van der Waals surface area contributed by atoms with Crippen molar-refractivity contribution >= 4 is 16.7 Å². The quantitative estimate of drug-likeness (QED) is 0.862. The zero-order valence-corrected chi connectivity index (χ0v) is 13.0. The van der Waals surface area contributed by atoms with E-state index in [0.29, 0.717) is 11.3 Å². The zero-order valence-electron chi connectivity index (χ0n) is 13.0. The van der Waals surface area contributed by atoms with Gasteiger partial charge in [-0.2, -0.15) is 0 Å². The molecule has 1 aromatic heterocycles. The second-order valence-electron chi connectivity index (χ2n) is 5.99. The molecule has 1 fully saturated rings. The molecule has 0 saturated carbocycles. The van der Waals surface area contributed by atoms with Crippen molar-refractivity contribution < 1.29 is 9.52 Å². The SMILES string of the molecule is CCCCc1c(N2CCCC2CO)c(=O)oc2ccccc12. The van der Waals surface area contributed by atoms with Crippen LogP contribution in [-0.4, -0.2) is 24.3 Å². The summed E-state index contributed by atoms with van der Waals surface area (Å²) in [6.45, 7) is 3.05. The van der Waals surface area contributed by atoms with Crippen LogP contribution in [0.3, 0.4) is 0 Å². The van der Waals surface area contributed by atoms with Crippen LogP contribution in [0.25, 0.3) is 11.0 Å². The van der Waals surface area contributed by atoms with E-state index < -0.39 is 0 Å². The summed E-state index contributed by atoms with van der Waals surface area (Å²) >= 11 is 0. The highest BCUT2D eigenvalue weighted by Gasteiger charge is 2.29. The lowest BCUT2D eigenvalue weighted by molar-refractivity contribution is 0.266. The molecule has 0 spiro atoms. The number of rotatable bonds is 5. The highest BCUT2D eigenvalue weighted by molar-refractivity contribution is 5.85. The van der Waals surface area contributed by atoms with E-state index in [9.17, 15) is 9.90 Å². The fraction of sp³-hybridized carbons (Fsp3) is 0.500. The van der Waals surface area contributed by atoms with Crippen LogP contribution in [0.2, 0.25) is 0 Å². The molecular formula is C18H23NO3.